The molecule has 0 fully saturated rings. The van der Waals surface area contributed by atoms with Crippen molar-refractivity contribution in [3.63, 3.8) is 0 Å². The van der Waals surface area contributed by atoms with Crippen LogP contribution in [0.5, 0.6) is 0 Å². The molecule has 0 aromatic heterocycles. The number of thioether (sulfide) groups is 1. The maximum Gasteiger partial charge on any atom is 0.335 e. The van der Waals surface area contributed by atoms with E-state index < -0.39 is 5.97 Å². The molecule has 19 heavy (non-hydrogen) atoms. The second kappa shape index (κ2) is 5.93. The van der Waals surface area contributed by atoms with Gasteiger partial charge in [-0.15, -0.1) is 11.8 Å². The maximum absolute atomic E-state index is 10.9. The Balaban J connectivity index is 2.12. The van der Waals surface area contributed by atoms with Gasteiger partial charge in [-0.2, -0.15) is 0 Å². The van der Waals surface area contributed by atoms with Gasteiger partial charge in [0.15, 0.2) is 0 Å². The third-order valence-electron chi connectivity index (χ3n) is 3.07. The first-order chi connectivity index (χ1) is 9.08. The molecular weight excluding hydrogens is 256 g/mol. The molecule has 0 aliphatic heterocycles. The van der Waals surface area contributed by atoms with E-state index in [0.29, 0.717) is 5.56 Å². The summed E-state index contributed by atoms with van der Waals surface area (Å²) >= 11 is 1.78. The smallest absolute Gasteiger partial charge is 0.335 e. The first-order valence-corrected chi connectivity index (χ1v) is 7.08. The van der Waals surface area contributed by atoms with Crippen LogP contribution in [0.4, 0.5) is 0 Å². The van der Waals surface area contributed by atoms with Crippen LogP contribution in [0.1, 0.15) is 27.0 Å². The lowest BCUT2D eigenvalue weighted by molar-refractivity contribution is 0.0697. The highest BCUT2D eigenvalue weighted by Crippen LogP contribution is 2.27. The Morgan fingerprint density at radius 3 is 2.47 bits per heavy atom. The molecule has 2 aromatic rings. The fourth-order valence-electron chi connectivity index (χ4n) is 1.86. The van der Waals surface area contributed by atoms with Gasteiger partial charge in [-0.3, -0.25) is 0 Å². The minimum atomic E-state index is -0.874. The van der Waals surface area contributed by atoms with Crippen LogP contribution in [-0.4, -0.2) is 11.1 Å². The van der Waals surface area contributed by atoms with Crippen molar-refractivity contribution >= 4 is 17.7 Å². The monoisotopic (exact) mass is 272 g/mol. The summed E-state index contributed by atoms with van der Waals surface area (Å²) in [5.74, 6) is -0.0162. The Labute approximate surface area is 117 Å². The van der Waals surface area contributed by atoms with Gasteiger partial charge >= 0.3 is 5.97 Å². The highest BCUT2D eigenvalue weighted by Gasteiger charge is 2.06. The second-order valence-electron chi connectivity index (χ2n) is 4.50. The van der Waals surface area contributed by atoms with E-state index in [1.54, 1.807) is 23.9 Å². The fourth-order valence-corrected chi connectivity index (χ4v) is 2.97. The lowest BCUT2D eigenvalue weighted by atomic mass is 10.1. The SMILES string of the molecule is Cc1cc(C(=O)O)ccc1CSc1ccccc1C. The molecule has 0 amide bonds. The number of carboxylic acid groups (broad SMARTS) is 1. The molecule has 0 heterocycles. The largest absolute Gasteiger partial charge is 0.478 e. The van der Waals surface area contributed by atoms with E-state index in [0.717, 1.165) is 11.3 Å². The van der Waals surface area contributed by atoms with Gasteiger partial charge in [0.25, 0.3) is 0 Å². The molecule has 0 atom stereocenters. The minimum Gasteiger partial charge on any atom is -0.478 e. The average Bonchev–Trinajstić information content (AvgIpc) is 2.39. The Morgan fingerprint density at radius 2 is 1.84 bits per heavy atom. The van der Waals surface area contributed by atoms with Crippen molar-refractivity contribution in [2.24, 2.45) is 0 Å². The lowest BCUT2D eigenvalue weighted by Gasteiger charge is -2.08. The summed E-state index contributed by atoms with van der Waals surface area (Å²) in [6.07, 6.45) is 0. The number of hydrogen-bond donors (Lipinski definition) is 1. The van der Waals surface area contributed by atoms with Crippen molar-refractivity contribution in [1.82, 2.24) is 0 Å². The highest BCUT2D eigenvalue weighted by atomic mass is 32.2. The number of aryl methyl sites for hydroxylation is 2. The summed E-state index contributed by atoms with van der Waals surface area (Å²) in [6, 6.07) is 13.6. The van der Waals surface area contributed by atoms with Gasteiger partial charge in [0, 0.05) is 10.6 Å². The Bertz CT molecular complexity index is 605. The molecule has 0 unspecified atom stereocenters. The zero-order valence-electron chi connectivity index (χ0n) is 11.0. The van der Waals surface area contributed by atoms with Crippen molar-refractivity contribution in [3.8, 4) is 0 Å². The number of carboxylic acids is 1. The molecule has 1 N–H and O–H groups in total. The van der Waals surface area contributed by atoms with E-state index in [-0.39, 0.29) is 0 Å². The van der Waals surface area contributed by atoms with Crippen molar-refractivity contribution in [2.45, 2.75) is 24.5 Å². The molecule has 2 aromatic carbocycles. The van der Waals surface area contributed by atoms with Crippen LogP contribution in [0.2, 0.25) is 0 Å². The summed E-state index contributed by atoms with van der Waals surface area (Å²) < 4.78 is 0. The molecule has 0 aliphatic rings. The molecule has 2 rings (SSSR count). The Morgan fingerprint density at radius 1 is 1.11 bits per heavy atom. The second-order valence-corrected chi connectivity index (χ2v) is 5.52. The quantitative estimate of drug-likeness (QED) is 0.843. The van der Waals surface area contributed by atoms with Crippen LogP contribution >= 0.6 is 11.8 Å². The van der Waals surface area contributed by atoms with E-state index in [1.165, 1.54) is 16.0 Å². The summed E-state index contributed by atoms with van der Waals surface area (Å²) in [7, 11) is 0. The van der Waals surface area contributed by atoms with Crippen LogP contribution in [0.15, 0.2) is 47.4 Å². The molecule has 0 radical (unpaired) electrons. The Hall–Kier alpha value is -1.74. The summed E-state index contributed by atoms with van der Waals surface area (Å²) in [6.45, 7) is 4.06. The van der Waals surface area contributed by atoms with Gasteiger partial charge in [0.1, 0.15) is 0 Å². The maximum atomic E-state index is 10.9. The molecule has 2 nitrogen and oxygen atoms in total. The Kier molecular flexibility index (Phi) is 4.27. The summed E-state index contributed by atoms with van der Waals surface area (Å²) in [5.41, 5.74) is 3.83. The molecule has 0 bridgehead atoms. The van der Waals surface area contributed by atoms with E-state index in [4.69, 9.17) is 5.11 Å². The highest BCUT2D eigenvalue weighted by molar-refractivity contribution is 7.98. The van der Waals surface area contributed by atoms with E-state index in [2.05, 4.69) is 19.1 Å². The van der Waals surface area contributed by atoms with E-state index in [1.807, 2.05) is 25.1 Å². The van der Waals surface area contributed by atoms with Gasteiger partial charge < -0.3 is 5.11 Å². The predicted octanol–water partition coefficient (Wildman–Crippen LogP) is 4.29. The normalized spacial score (nSPS) is 10.4. The van der Waals surface area contributed by atoms with Crippen LogP contribution in [0.25, 0.3) is 0 Å². The van der Waals surface area contributed by atoms with Crippen LogP contribution in [-0.2, 0) is 5.75 Å². The van der Waals surface area contributed by atoms with Gasteiger partial charge in [-0.1, -0.05) is 24.3 Å². The van der Waals surface area contributed by atoms with Crippen LogP contribution in [0.3, 0.4) is 0 Å². The van der Waals surface area contributed by atoms with Gasteiger partial charge in [0.2, 0.25) is 0 Å². The molecule has 0 saturated heterocycles. The molecule has 0 aliphatic carbocycles. The van der Waals surface area contributed by atoms with Crippen molar-refractivity contribution in [1.29, 1.82) is 0 Å². The topological polar surface area (TPSA) is 37.3 Å². The molecule has 98 valence electrons. The first kappa shape index (κ1) is 13.7. The number of hydrogen-bond acceptors (Lipinski definition) is 2. The first-order valence-electron chi connectivity index (χ1n) is 6.09. The van der Waals surface area contributed by atoms with Crippen molar-refractivity contribution < 1.29 is 9.90 Å². The number of carbonyl (C=O) groups is 1. The number of rotatable bonds is 4. The van der Waals surface area contributed by atoms with Crippen molar-refractivity contribution in [3.05, 3.63) is 64.7 Å². The van der Waals surface area contributed by atoms with Crippen LogP contribution in [0, 0.1) is 13.8 Å². The standard InChI is InChI=1S/C16H16O2S/c1-11-5-3-4-6-15(11)19-10-14-8-7-13(16(17)18)9-12(14)2/h3-9H,10H2,1-2H3,(H,17,18). The minimum absolute atomic E-state index is 0.349. The van der Waals surface area contributed by atoms with Crippen LogP contribution < -0.4 is 0 Å². The van der Waals surface area contributed by atoms with E-state index in [9.17, 15) is 4.79 Å². The molecule has 0 saturated carbocycles. The average molecular weight is 272 g/mol. The fraction of sp³-hybridized carbons (Fsp3) is 0.188. The molecule has 3 heteroatoms. The lowest BCUT2D eigenvalue weighted by Crippen LogP contribution is -1.98. The number of aromatic carboxylic acids is 1. The zero-order valence-corrected chi connectivity index (χ0v) is 11.8. The summed E-state index contributed by atoms with van der Waals surface area (Å²) in [4.78, 5) is 12.2. The molecular formula is C16H16O2S. The van der Waals surface area contributed by atoms with Gasteiger partial charge in [0.05, 0.1) is 5.56 Å². The third-order valence-corrected chi connectivity index (χ3v) is 4.29. The van der Waals surface area contributed by atoms with Gasteiger partial charge in [-0.05, 0) is 48.7 Å². The molecule has 0 spiro atoms. The predicted molar refractivity (Wildman–Crippen MR) is 78.9 cm³/mol. The zero-order chi connectivity index (χ0) is 13.8. The summed E-state index contributed by atoms with van der Waals surface area (Å²) in [5, 5.41) is 8.94. The van der Waals surface area contributed by atoms with Gasteiger partial charge in [-0.25, -0.2) is 4.79 Å². The van der Waals surface area contributed by atoms with E-state index >= 15 is 0 Å². The van der Waals surface area contributed by atoms with Crippen molar-refractivity contribution in [2.75, 3.05) is 0 Å². The third kappa shape index (κ3) is 3.38. The number of benzene rings is 2.